The third-order valence-corrected chi connectivity index (χ3v) is 3.95. The second-order valence-corrected chi connectivity index (χ2v) is 5.42. The lowest BCUT2D eigenvalue weighted by atomic mass is 9.96. The predicted octanol–water partition coefficient (Wildman–Crippen LogP) is 2.70. The van der Waals surface area contributed by atoms with Crippen LogP contribution in [-0.2, 0) is 19.7 Å². The summed E-state index contributed by atoms with van der Waals surface area (Å²) in [5.41, 5.74) is 0.587. The van der Waals surface area contributed by atoms with Crippen molar-refractivity contribution in [3.8, 4) is 0 Å². The van der Waals surface area contributed by atoms with Crippen LogP contribution >= 0.6 is 11.6 Å². The third-order valence-electron chi connectivity index (χ3n) is 3.70. The molecule has 2 fully saturated rings. The van der Waals surface area contributed by atoms with Crippen molar-refractivity contribution >= 4 is 17.6 Å². The molecule has 0 N–H and O–H groups in total. The van der Waals surface area contributed by atoms with Crippen molar-refractivity contribution in [1.82, 2.24) is 0 Å². The molecule has 0 radical (unpaired) electrons. The van der Waals surface area contributed by atoms with Gasteiger partial charge in [-0.3, -0.25) is 4.79 Å². The first kappa shape index (κ1) is 12.0. The van der Waals surface area contributed by atoms with Gasteiger partial charge in [-0.25, -0.2) is 0 Å². The van der Waals surface area contributed by atoms with Gasteiger partial charge >= 0.3 is 5.97 Å². The van der Waals surface area contributed by atoms with Gasteiger partial charge < -0.3 is 9.47 Å². The summed E-state index contributed by atoms with van der Waals surface area (Å²) in [6, 6.07) is 7.48. The van der Waals surface area contributed by atoms with E-state index in [4.69, 9.17) is 21.1 Å². The van der Waals surface area contributed by atoms with Gasteiger partial charge in [0.15, 0.2) is 0 Å². The number of carbonyl (C=O) groups excluding carboxylic acids is 1. The van der Waals surface area contributed by atoms with E-state index < -0.39 is 5.41 Å². The molecule has 0 bridgehead atoms. The van der Waals surface area contributed by atoms with E-state index in [1.807, 2.05) is 24.3 Å². The zero-order valence-corrected chi connectivity index (χ0v) is 10.8. The second kappa shape index (κ2) is 4.56. The number of hydrogen-bond donors (Lipinski definition) is 0. The number of benzene rings is 1. The Morgan fingerprint density at radius 2 is 2.06 bits per heavy atom. The Kier molecular flexibility index (Phi) is 3.04. The minimum Gasteiger partial charge on any atom is -0.459 e. The predicted molar refractivity (Wildman–Crippen MR) is 67.7 cm³/mol. The lowest BCUT2D eigenvalue weighted by Crippen LogP contribution is -2.28. The molecule has 1 atom stereocenters. The molecular weight excluding hydrogens is 252 g/mol. The first-order valence-corrected chi connectivity index (χ1v) is 6.63. The Morgan fingerprint density at radius 3 is 2.61 bits per heavy atom. The van der Waals surface area contributed by atoms with Crippen LogP contribution < -0.4 is 0 Å². The van der Waals surface area contributed by atoms with Crippen molar-refractivity contribution in [3.63, 3.8) is 0 Å². The third kappa shape index (κ3) is 2.13. The average Bonchev–Trinajstić information content (AvgIpc) is 3.03. The van der Waals surface area contributed by atoms with Crippen molar-refractivity contribution in [2.24, 2.45) is 0 Å². The van der Waals surface area contributed by atoms with E-state index in [9.17, 15) is 4.79 Å². The molecule has 1 aliphatic carbocycles. The van der Waals surface area contributed by atoms with Crippen LogP contribution in [0.4, 0.5) is 0 Å². The molecule has 1 heterocycles. The van der Waals surface area contributed by atoms with Crippen molar-refractivity contribution in [2.75, 3.05) is 13.2 Å². The minimum absolute atomic E-state index is 0.0673. The number of esters is 1. The standard InChI is InChI=1S/C14H15ClO3/c15-11-3-1-10(2-4-11)14(6-7-14)13(16)18-12-5-8-17-9-12/h1-4,12H,5-9H2/t12-/m0/s1. The van der Waals surface area contributed by atoms with Gasteiger partial charge in [0.1, 0.15) is 6.10 Å². The van der Waals surface area contributed by atoms with E-state index in [1.165, 1.54) is 0 Å². The van der Waals surface area contributed by atoms with Crippen LogP contribution in [0.1, 0.15) is 24.8 Å². The summed E-state index contributed by atoms with van der Waals surface area (Å²) in [6.45, 7) is 1.22. The van der Waals surface area contributed by atoms with Gasteiger partial charge in [0.05, 0.1) is 18.6 Å². The molecule has 0 aromatic heterocycles. The van der Waals surface area contributed by atoms with Crippen molar-refractivity contribution in [2.45, 2.75) is 30.8 Å². The van der Waals surface area contributed by atoms with Crippen LogP contribution in [0.15, 0.2) is 24.3 Å². The molecule has 1 aromatic carbocycles. The van der Waals surface area contributed by atoms with Crippen LogP contribution in [0.5, 0.6) is 0 Å². The van der Waals surface area contributed by atoms with Crippen LogP contribution in [0.2, 0.25) is 5.02 Å². The number of hydrogen-bond acceptors (Lipinski definition) is 3. The number of rotatable bonds is 3. The summed E-state index contributed by atoms with van der Waals surface area (Å²) in [4.78, 5) is 12.3. The summed E-state index contributed by atoms with van der Waals surface area (Å²) >= 11 is 5.87. The zero-order valence-electron chi connectivity index (χ0n) is 10.0. The normalized spacial score (nSPS) is 24.8. The molecule has 1 saturated heterocycles. The Bertz CT molecular complexity index is 445. The van der Waals surface area contributed by atoms with Crippen molar-refractivity contribution < 1.29 is 14.3 Å². The smallest absolute Gasteiger partial charge is 0.316 e. The lowest BCUT2D eigenvalue weighted by Gasteiger charge is -2.17. The van der Waals surface area contributed by atoms with Crippen molar-refractivity contribution in [1.29, 1.82) is 0 Å². The molecule has 0 amide bonds. The Hall–Kier alpha value is -1.06. The lowest BCUT2D eigenvalue weighted by molar-refractivity contribution is -0.152. The highest BCUT2D eigenvalue weighted by Crippen LogP contribution is 2.49. The summed E-state index contributed by atoms with van der Waals surface area (Å²) in [5, 5.41) is 0.687. The Labute approximate surface area is 111 Å². The van der Waals surface area contributed by atoms with E-state index >= 15 is 0 Å². The van der Waals surface area contributed by atoms with Gasteiger partial charge in [-0.15, -0.1) is 0 Å². The van der Waals surface area contributed by atoms with Crippen LogP contribution in [0.3, 0.4) is 0 Å². The van der Waals surface area contributed by atoms with Gasteiger partial charge in [-0.2, -0.15) is 0 Å². The number of carbonyl (C=O) groups is 1. The second-order valence-electron chi connectivity index (χ2n) is 4.98. The van der Waals surface area contributed by atoms with E-state index in [0.717, 1.165) is 24.8 Å². The Morgan fingerprint density at radius 1 is 1.33 bits per heavy atom. The highest BCUT2D eigenvalue weighted by Gasteiger charge is 2.53. The Balaban J connectivity index is 1.73. The highest BCUT2D eigenvalue weighted by molar-refractivity contribution is 6.30. The monoisotopic (exact) mass is 266 g/mol. The molecule has 3 nitrogen and oxygen atoms in total. The van der Waals surface area contributed by atoms with E-state index in [1.54, 1.807) is 0 Å². The topological polar surface area (TPSA) is 35.5 Å². The molecule has 1 saturated carbocycles. The quantitative estimate of drug-likeness (QED) is 0.789. The van der Waals surface area contributed by atoms with Crippen LogP contribution in [-0.4, -0.2) is 25.3 Å². The molecule has 3 rings (SSSR count). The molecule has 96 valence electrons. The largest absolute Gasteiger partial charge is 0.459 e. The van der Waals surface area contributed by atoms with Gasteiger partial charge in [0.25, 0.3) is 0 Å². The fourth-order valence-electron chi connectivity index (χ4n) is 2.37. The zero-order chi connectivity index (χ0) is 12.6. The molecule has 4 heteroatoms. The van der Waals surface area contributed by atoms with Crippen LogP contribution in [0, 0.1) is 0 Å². The number of halogens is 1. The van der Waals surface area contributed by atoms with Crippen molar-refractivity contribution in [3.05, 3.63) is 34.9 Å². The summed E-state index contributed by atoms with van der Waals surface area (Å²) in [7, 11) is 0. The van der Waals surface area contributed by atoms with Gasteiger partial charge in [-0.1, -0.05) is 23.7 Å². The molecule has 2 aliphatic rings. The maximum atomic E-state index is 12.3. The minimum atomic E-state index is -0.423. The van der Waals surface area contributed by atoms with E-state index in [2.05, 4.69) is 0 Å². The number of ether oxygens (including phenoxy) is 2. The fourth-order valence-corrected chi connectivity index (χ4v) is 2.50. The van der Waals surface area contributed by atoms with Gasteiger partial charge in [0, 0.05) is 11.4 Å². The van der Waals surface area contributed by atoms with Crippen LogP contribution in [0.25, 0.3) is 0 Å². The maximum Gasteiger partial charge on any atom is 0.316 e. The fraction of sp³-hybridized carbons (Fsp3) is 0.500. The molecule has 1 aromatic rings. The van der Waals surface area contributed by atoms with E-state index in [-0.39, 0.29) is 12.1 Å². The molecular formula is C14H15ClO3. The molecule has 0 unspecified atom stereocenters. The average molecular weight is 267 g/mol. The molecule has 1 aliphatic heterocycles. The highest BCUT2D eigenvalue weighted by atomic mass is 35.5. The van der Waals surface area contributed by atoms with Gasteiger partial charge in [-0.05, 0) is 30.5 Å². The first-order chi connectivity index (χ1) is 8.71. The van der Waals surface area contributed by atoms with E-state index in [0.29, 0.717) is 18.2 Å². The molecule has 0 spiro atoms. The first-order valence-electron chi connectivity index (χ1n) is 6.26. The SMILES string of the molecule is O=C(O[C@H]1CCOC1)C1(c2ccc(Cl)cc2)CC1. The molecule has 18 heavy (non-hydrogen) atoms. The maximum absolute atomic E-state index is 12.3. The van der Waals surface area contributed by atoms with Gasteiger partial charge in [0.2, 0.25) is 0 Å². The summed E-state index contributed by atoms with van der Waals surface area (Å²) < 4.78 is 10.7. The summed E-state index contributed by atoms with van der Waals surface area (Å²) in [5.74, 6) is -0.111. The summed E-state index contributed by atoms with van der Waals surface area (Å²) in [6.07, 6.45) is 2.46.